The second-order valence-electron chi connectivity index (χ2n) is 6.64. The first-order chi connectivity index (χ1) is 12.0. The lowest BCUT2D eigenvalue weighted by molar-refractivity contribution is 0.0653. The molecule has 0 radical (unpaired) electrons. The minimum atomic E-state index is -0.0597. The molecule has 1 amide bonds. The van der Waals surface area contributed by atoms with Gasteiger partial charge in [0, 0.05) is 24.2 Å². The Morgan fingerprint density at radius 1 is 1.46 bits per heavy atom. The monoisotopic (exact) mass is 397 g/mol. The average Bonchev–Trinajstić information content (AvgIpc) is 3.05. The van der Waals surface area contributed by atoms with Crippen molar-refractivity contribution in [3.05, 3.63) is 40.7 Å². The molecule has 2 unspecified atom stereocenters. The third kappa shape index (κ3) is 4.19. The summed E-state index contributed by atoms with van der Waals surface area (Å²) in [5.41, 5.74) is 8.07. The molecule has 2 N–H and O–H groups in total. The van der Waals surface area contributed by atoms with Gasteiger partial charge in [-0.3, -0.25) is 4.79 Å². The van der Waals surface area contributed by atoms with Gasteiger partial charge in [-0.2, -0.15) is 0 Å². The summed E-state index contributed by atoms with van der Waals surface area (Å²) in [7, 11) is 0. The Hall–Kier alpha value is -1.63. The first-order valence-electron chi connectivity index (χ1n) is 8.76. The lowest BCUT2D eigenvalue weighted by Crippen LogP contribution is -2.45. The molecule has 142 valence electrons. The third-order valence-corrected chi connectivity index (χ3v) is 5.08. The van der Waals surface area contributed by atoms with Gasteiger partial charge in [0.25, 0.3) is 5.91 Å². The van der Waals surface area contributed by atoms with E-state index in [1.54, 1.807) is 4.68 Å². The number of nitrogens with zero attached hydrogens (tertiary/aromatic N) is 4. The quantitative estimate of drug-likeness (QED) is 0.859. The number of likely N-dealkylation sites (tertiary alicyclic amines) is 1. The van der Waals surface area contributed by atoms with Crippen LogP contribution in [0.2, 0.25) is 5.02 Å². The highest BCUT2D eigenvalue weighted by atomic mass is 35.5. The van der Waals surface area contributed by atoms with Crippen molar-refractivity contribution in [2.75, 3.05) is 13.1 Å². The van der Waals surface area contributed by atoms with E-state index in [0.29, 0.717) is 29.6 Å². The highest BCUT2D eigenvalue weighted by Gasteiger charge is 2.30. The Balaban J connectivity index is 0.00000243. The molecule has 2 aromatic rings. The average molecular weight is 398 g/mol. The van der Waals surface area contributed by atoms with Crippen molar-refractivity contribution in [3.63, 3.8) is 0 Å². The molecule has 0 saturated carbocycles. The van der Waals surface area contributed by atoms with Crippen LogP contribution in [0.3, 0.4) is 0 Å². The van der Waals surface area contributed by atoms with E-state index in [2.05, 4.69) is 10.3 Å². The molecule has 2 heterocycles. The Bertz CT molecular complexity index is 762. The molecule has 1 saturated heterocycles. The number of aromatic nitrogens is 3. The fourth-order valence-electron chi connectivity index (χ4n) is 3.37. The van der Waals surface area contributed by atoms with Crippen molar-refractivity contribution in [2.45, 2.75) is 39.2 Å². The molecular weight excluding hydrogens is 373 g/mol. The Morgan fingerprint density at radius 3 is 2.88 bits per heavy atom. The van der Waals surface area contributed by atoms with Gasteiger partial charge in [-0.1, -0.05) is 29.8 Å². The van der Waals surface area contributed by atoms with E-state index >= 15 is 0 Å². The fourth-order valence-corrected chi connectivity index (χ4v) is 3.56. The molecule has 0 bridgehead atoms. The number of rotatable bonds is 4. The predicted molar refractivity (Wildman–Crippen MR) is 105 cm³/mol. The van der Waals surface area contributed by atoms with Gasteiger partial charge >= 0.3 is 0 Å². The number of hydrogen-bond acceptors (Lipinski definition) is 4. The highest BCUT2D eigenvalue weighted by Crippen LogP contribution is 2.23. The van der Waals surface area contributed by atoms with Crippen molar-refractivity contribution in [3.8, 4) is 5.69 Å². The molecule has 26 heavy (non-hydrogen) atoms. The van der Waals surface area contributed by atoms with Crippen molar-refractivity contribution >= 4 is 29.9 Å². The largest absolute Gasteiger partial charge is 0.337 e. The van der Waals surface area contributed by atoms with Crippen molar-refractivity contribution in [2.24, 2.45) is 11.7 Å². The van der Waals surface area contributed by atoms with Gasteiger partial charge in [0.1, 0.15) is 0 Å². The van der Waals surface area contributed by atoms with Gasteiger partial charge in [0.15, 0.2) is 5.69 Å². The van der Waals surface area contributed by atoms with Crippen LogP contribution in [0.25, 0.3) is 5.69 Å². The van der Waals surface area contributed by atoms with Crippen LogP contribution in [0.15, 0.2) is 24.3 Å². The zero-order chi connectivity index (χ0) is 18.0. The minimum Gasteiger partial charge on any atom is -0.337 e. The first-order valence-corrected chi connectivity index (χ1v) is 9.14. The van der Waals surface area contributed by atoms with Crippen LogP contribution >= 0.6 is 24.0 Å². The number of carbonyl (C=O) groups excluding carboxylic acids is 1. The Labute approximate surface area is 165 Å². The van der Waals surface area contributed by atoms with Crippen LogP contribution in [0.4, 0.5) is 0 Å². The molecule has 1 aliphatic heterocycles. The van der Waals surface area contributed by atoms with Gasteiger partial charge in [0.2, 0.25) is 0 Å². The number of benzene rings is 1. The molecule has 0 aliphatic carbocycles. The van der Waals surface area contributed by atoms with Crippen LogP contribution in [-0.2, 0) is 6.42 Å². The maximum atomic E-state index is 13.0. The number of carbonyl (C=O) groups is 1. The van der Waals surface area contributed by atoms with Crippen molar-refractivity contribution < 1.29 is 4.79 Å². The zero-order valence-corrected chi connectivity index (χ0v) is 16.6. The van der Waals surface area contributed by atoms with Crippen LogP contribution in [0, 0.1) is 5.92 Å². The smallest absolute Gasteiger partial charge is 0.276 e. The van der Waals surface area contributed by atoms with E-state index < -0.39 is 0 Å². The van der Waals surface area contributed by atoms with E-state index in [1.165, 1.54) is 0 Å². The van der Waals surface area contributed by atoms with E-state index in [1.807, 2.05) is 43.0 Å². The summed E-state index contributed by atoms with van der Waals surface area (Å²) >= 11 is 6.08. The van der Waals surface area contributed by atoms with Crippen LogP contribution in [0.5, 0.6) is 0 Å². The highest BCUT2D eigenvalue weighted by molar-refractivity contribution is 6.30. The molecule has 6 nitrogen and oxygen atoms in total. The van der Waals surface area contributed by atoms with Crippen LogP contribution in [-0.4, -0.2) is 44.9 Å². The summed E-state index contributed by atoms with van der Waals surface area (Å²) in [5, 5.41) is 9.01. The summed E-state index contributed by atoms with van der Waals surface area (Å²) in [6.45, 7) is 5.43. The number of hydrogen-bond donors (Lipinski definition) is 1. The fraction of sp³-hybridized carbons (Fsp3) is 0.500. The van der Waals surface area contributed by atoms with Gasteiger partial charge < -0.3 is 10.6 Å². The third-order valence-electron chi connectivity index (χ3n) is 4.84. The summed E-state index contributed by atoms with van der Waals surface area (Å²) in [6, 6.07) is 7.47. The number of amides is 1. The normalized spacial score (nSPS) is 18.3. The summed E-state index contributed by atoms with van der Waals surface area (Å²) in [5.74, 6) is 0.279. The van der Waals surface area contributed by atoms with Gasteiger partial charge in [-0.25, -0.2) is 4.68 Å². The topological polar surface area (TPSA) is 77.0 Å². The maximum absolute atomic E-state index is 13.0. The second kappa shape index (κ2) is 8.84. The van der Waals surface area contributed by atoms with Gasteiger partial charge in [-0.05, 0) is 50.3 Å². The van der Waals surface area contributed by atoms with E-state index in [9.17, 15) is 4.79 Å². The number of nitrogens with two attached hydrogens (primary N) is 1. The summed E-state index contributed by atoms with van der Waals surface area (Å²) in [4.78, 5) is 14.9. The van der Waals surface area contributed by atoms with E-state index in [4.69, 9.17) is 17.3 Å². The zero-order valence-electron chi connectivity index (χ0n) is 15.1. The summed E-state index contributed by atoms with van der Waals surface area (Å²) in [6.07, 6.45) is 2.70. The lowest BCUT2D eigenvalue weighted by Gasteiger charge is -2.34. The molecule has 8 heteroatoms. The summed E-state index contributed by atoms with van der Waals surface area (Å²) < 4.78 is 1.70. The lowest BCUT2D eigenvalue weighted by atomic mass is 9.92. The minimum absolute atomic E-state index is 0. The molecule has 1 aromatic carbocycles. The molecule has 1 aromatic heterocycles. The Morgan fingerprint density at radius 2 is 2.23 bits per heavy atom. The standard InChI is InChI=1S/C18H24ClN5O.ClH/c1-3-16-17(18(25)23-9-5-6-13(11-23)12(2)20)21-22-24(16)15-8-4-7-14(19)10-15;/h4,7-8,10,12-13H,3,5-6,9,11,20H2,1-2H3;1H. The van der Waals surface area contributed by atoms with E-state index in [-0.39, 0.29) is 24.4 Å². The van der Waals surface area contributed by atoms with Crippen LogP contribution in [0.1, 0.15) is 42.9 Å². The molecular formula is C18H25Cl2N5O. The maximum Gasteiger partial charge on any atom is 0.276 e. The van der Waals surface area contributed by atoms with E-state index in [0.717, 1.165) is 30.8 Å². The Kier molecular flexibility index (Phi) is 7.03. The van der Waals surface area contributed by atoms with Gasteiger partial charge in [-0.15, -0.1) is 17.5 Å². The number of piperidine rings is 1. The molecule has 1 fully saturated rings. The predicted octanol–water partition coefficient (Wildman–Crippen LogP) is 3.10. The molecule has 3 rings (SSSR count). The van der Waals surface area contributed by atoms with Crippen molar-refractivity contribution in [1.29, 1.82) is 0 Å². The molecule has 1 aliphatic rings. The van der Waals surface area contributed by atoms with Crippen molar-refractivity contribution in [1.82, 2.24) is 19.9 Å². The molecule has 0 spiro atoms. The van der Waals surface area contributed by atoms with Crippen LogP contribution < -0.4 is 5.73 Å². The first kappa shape index (κ1) is 20.7. The van der Waals surface area contributed by atoms with Gasteiger partial charge in [0.05, 0.1) is 11.4 Å². The SMILES string of the molecule is CCc1c(C(=O)N2CCCC(C(C)N)C2)nnn1-c1cccc(Cl)c1.Cl. The second-order valence-corrected chi connectivity index (χ2v) is 7.08. The molecule has 2 atom stereocenters. The number of halogens is 2.